The summed E-state index contributed by atoms with van der Waals surface area (Å²) < 4.78 is 26.3. The van der Waals surface area contributed by atoms with E-state index in [4.69, 9.17) is 11.6 Å². The first-order valence-electron chi connectivity index (χ1n) is 9.38. The molecule has 0 spiro atoms. The Balaban J connectivity index is 1.64. The van der Waals surface area contributed by atoms with Crippen molar-refractivity contribution >= 4 is 27.5 Å². The molecule has 7 heteroatoms. The van der Waals surface area contributed by atoms with E-state index < -0.39 is 10.0 Å². The van der Waals surface area contributed by atoms with Gasteiger partial charge in [0.15, 0.2) is 0 Å². The van der Waals surface area contributed by atoms with Crippen molar-refractivity contribution in [3.8, 4) is 0 Å². The maximum absolute atomic E-state index is 12.6. The van der Waals surface area contributed by atoms with E-state index in [2.05, 4.69) is 17.4 Å². The summed E-state index contributed by atoms with van der Waals surface area (Å²) in [6, 6.07) is 16.2. The first kappa shape index (κ1) is 20.8. The number of rotatable bonds is 7. The number of halogens is 1. The average Bonchev–Trinajstić information content (AvgIpc) is 3.18. The van der Waals surface area contributed by atoms with E-state index in [9.17, 15) is 13.2 Å². The van der Waals surface area contributed by atoms with E-state index in [0.29, 0.717) is 11.6 Å². The molecular weight excluding hydrogens is 396 g/mol. The van der Waals surface area contributed by atoms with Crippen LogP contribution in [0.15, 0.2) is 59.5 Å². The number of sulfonamides is 1. The fourth-order valence-electron chi connectivity index (χ4n) is 3.81. The van der Waals surface area contributed by atoms with Crippen LogP contribution in [0.1, 0.15) is 31.2 Å². The number of benzene rings is 2. The van der Waals surface area contributed by atoms with Crippen molar-refractivity contribution < 1.29 is 13.2 Å². The van der Waals surface area contributed by atoms with Gasteiger partial charge in [-0.3, -0.25) is 4.79 Å². The number of carbonyl (C=O) groups is 1. The summed E-state index contributed by atoms with van der Waals surface area (Å²) in [5.74, 6) is -0.303. The second-order valence-electron chi connectivity index (χ2n) is 7.35. The molecule has 2 aromatic rings. The molecule has 0 heterocycles. The fraction of sp³-hybridized carbons (Fsp3) is 0.381. The molecular formula is C21H25ClN2O3S. The Morgan fingerprint density at radius 3 is 2.29 bits per heavy atom. The van der Waals surface area contributed by atoms with Crippen LogP contribution in [0.3, 0.4) is 0 Å². The zero-order valence-electron chi connectivity index (χ0n) is 15.9. The van der Waals surface area contributed by atoms with Gasteiger partial charge in [-0.2, -0.15) is 4.31 Å². The summed E-state index contributed by atoms with van der Waals surface area (Å²) in [4.78, 5) is 12.6. The number of amides is 1. The molecule has 1 aliphatic carbocycles. The minimum Gasteiger partial charge on any atom is -0.354 e. The van der Waals surface area contributed by atoms with Gasteiger partial charge in [0.1, 0.15) is 0 Å². The molecule has 0 unspecified atom stereocenters. The minimum absolute atomic E-state index is 0.0649. The van der Waals surface area contributed by atoms with Gasteiger partial charge in [0.25, 0.3) is 0 Å². The van der Waals surface area contributed by atoms with Gasteiger partial charge in [-0.1, -0.05) is 54.8 Å². The van der Waals surface area contributed by atoms with Crippen molar-refractivity contribution in [1.82, 2.24) is 9.62 Å². The summed E-state index contributed by atoms with van der Waals surface area (Å²) in [5, 5.41) is 3.42. The molecule has 0 atom stereocenters. The van der Waals surface area contributed by atoms with Gasteiger partial charge in [0, 0.05) is 24.0 Å². The first-order valence-corrected chi connectivity index (χ1v) is 11.2. The monoisotopic (exact) mass is 420 g/mol. The molecule has 1 aliphatic rings. The first-order chi connectivity index (χ1) is 13.3. The second-order valence-corrected chi connectivity index (χ2v) is 9.83. The molecule has 5 nitrogen and oxygen atoms in total. The fourth-order valence-corrected chi connectivity index (χ4v) is 5.06. The van der Waals surface area contributed by atoms with E-state index in [0.717, 1.165) is 30.0 Å². The number of carbonyl (C=O) groups excluding carboxylic acids is 1. The second kappa shape index (κ2) is 8.64. The average molecular weight is 421 g/mol. The number of hydrogen-bond acceptors (Lipinski definition) is 3. The lowest BCUT2D eigenvalue weighted by atomic mass is 9.79. The third-order valence-electron chi connectivity index (χ3n) is 5.46. The molecule has 1 N–H and O–H groups in total. The number of nitrogens with one attached hydrogen (secondary N) is 1. The molecule has 1 fully saturated rings. The highest BCUT2D eigenvalue weighted by molar-refractivity contribution is 7.89. The Labute approximate surface area is 171 Å². The number of nitrogens with zero attached hydrogens (tertiary/aromatic N) is 1. The van der Waals surface area contributed by atoms with Gasteiger partial charge in [0.2, 0.25) is 15.9 Å². The van der Waals surface area contributed by atoms with Crippen molar-refractivity contribution in [2.24, 2.45) is 0 Å². The SMILES string of the molecule is CN(CC(=O)NCC1(c2ccccc2)CCCC1)S(=O)(=O)c1ccc(Cl)cc1. The smallest absolute Gasteiger partial charge is 0.243 e. The summed E-state index contributed by atoms with van der Waals surface area (Å²) in [6.45, 7) is 0.292. The largest absolute Gasteiger partial charge is 0.354 e. The summed E-state index contributed by atoms with van der Waals surface area (Å²) in [7, 11) is -2.33. The highest BCUT2D eigenvalue weighted by Crippen LogP contribution is 2.40. The van der Waals surface area contributed by atoms with Crippen LogP contribution >= 0.6 is 11.6 Å². The molecule has 0 radical (unpaired) electrons. The van der Waals surface area contributed by atoms with Crippen LogP contribution in [0.5, 0.6) is 0 Å². The number of hydrogen-bond donors (Lipinski definition) is 1. The van der Waals surface area contributed by atoms with Gasteiger partial charge in [0.05, 0.1) is 11.4 Å². The molecule has 0 bridgehead atoms. The van der Waals surface area contributed by atoms with Crippen molar-refractivity contribution in [1.29, 1.82) is 0 Å². The predicted molar refractivity (Wildman–Crippen MR) is 111 cm³/mol. The molecule has 0 saturated heterocycles. The van der Waals surface area contributed by atoms with Crippen molar-refractivity contribution in [2.75, 3.05) is 20.1 Å². The molecule has 1 saturated carbocycles. The molecule has 28 heavy (non-hydrogen) atoms. The van der Waals surface area contributed by atoms with E-state index in [1.807, 2.05) is 18.2 Å². The molecule has 0 aliphatic heterocycles. The van der Waals surface area contributed by atoms with Crippen LogP contribution in [0, 0.1) is 0 Å². The van der Waals surface area contributed by atoms with Crippen LogP contribution in [0.2, 0.25) is 5.02 Å². The summed E-state index contributed by atoms with van der Waals surface area (Å²) >= 11 is 5.82. The van der Waals surface area contributed by atoms with Gasteiger partial charge in [-0.05, 0) is 42.7 Å². The maximum atomic E-state index is 12.6. The maximum Gasteiger partial charge on any atom is 0.243 e. The van der Waals surface area contributed by atoms with Crippen LogP contribution in [-0.4, -0.2) is 38.8 Å². The zero-order valence-corrected chi connectivity index (χ0v) is 17.5. The molecule has 2 aromatic carbocycles. The Morgan fingerprint density at radius 1 is 1.07 bits per heavy atom. The quantitative estimate of drug-likeness (QED) is 0.744. The molecule has 3 rings (SSSR count). The normalized spacial score (nSPS) is 16.2. The molecule has 0 aromatic heterocycles. The highest BCUT2D eigenvalue weighted by atomic mass is 35.5. The third-order valence-corrected chi connectivity index (χ3v) is 7.53. The Hall–Kier alpha value is -1.89. The van der Waals surface area contributed by atoms with E-state index >= 15 is 0 Å². The zero-order chi connectivity index (χ0) is 20.2. The lowest BCUT2D eigenvalue weighted by Gasteiger charge is -2.30. The predicted octanol–water partition coefficient (Wildman–Crippen LogP) is 3.59. The summed E-state index contributed by atoms with van der Waals surface area (Å²) in [5.41, 5.74) is 1.17. The van der Waals surface area contributed by atoms with Gasteiger partial charge in [-0.15, -0.1) is 0 Å². The van der Waals surface area contributed by atoms with Gasteiger partial charge >= 0.3 is 0 Å². The van der Waals surface area contributed by atoms with Gasteiger partial charge < -0.3 is 5.32 Å². The topological polar surface area (TPSA) is 66.5 Å². The van der Waals surface area contributed by atoms with Crippen LogP contribution < -0.4 is 5.32 Å². The molecule has 150 valence electrons. The van der Waals surface area contributed by atoms with Gasteiger partial charge in [-0.25, -0.2) is 8.42 Å². The third kappa shape index (κ3) is 4.57. The highest BCUT2D eigenvalue weighted by Gasteiger charge is 2.36. The van der Waals surface area contributed by atoms with Crippen LogP contribution in [0.25, 0.3) is 0 Å². The van der Waals surface area contributed by atoms with Crippen LogP contribution in [-0.2, 0) is 20.2 Å². The van der Waals surface area contributed by atoms with Crippen molar-refractivity contribution in [2.45, 2.75) is 36.0 Å². The lowest BCUT2D eigenvalue weighted by Crippen LogP contribution is -2.44. The van der Waals surface area contributed by atoms with E-state index in [-0.39, 0.29) is 22.8 Å². The number of likely N-dealkylation sites (N-methyl/N-ethyl adjacent to an activating group) is 1. The van der Waals surface area contributed by atoms with Crippen LogP contribution in [0.4, 0.5) is 0 Å². The Kier molecular flexibility index (Phi) is 6.43. The molecule has 1 amide bonds. The lowest BCUT2D eigenvalue weighted by molar-refractivity contribution is -0.121. The standard InChI is InChI=1S/C21H25ClN2O3S/c1-24(28(26,27)19-11-9-18(22)10-12-19)15-20(25)23-16-21(13-5-6-14-21)17-7-3-2-4-8-17/h2-4,7-12H,5-6,13-16H2,1H3,(H,23,25). The Morgan fingerprint density at radius 2 is 1.68 bits per heavy atom. The van der Waals surface area contributed by atoms with E-state index in [1.165, 1.54) is 36.9 Å². The summed E-state index contributed by atoms with van der Waals surface area (Å²) in [6.07, 6.45) is 4.32. The Bertz CT molecular complexity index is 908. The van der Waals surface area contributed by atoms with Crippen molar-refractivity contribution in [3.63, 3.8) is 0 Å². The van der Waals surface area contributed by atoms with Crippen molar-refractivity contribution in [3.05, 3.63) is 65.2 Å². The van der Waals surface area contributed by atoms with E-state index in [1.54, 1.807) is 0 Å². The minimum atomic E-state index is -3.74.